The smallest absolute Gasteiger partial charge is 0.305 e. The largest absolute Gasteiger partial charge is 0.481 e. The summed E-state index contributed by atoms with van der Waals surface area (Å²) < 4.78 is 0. The summed E-state index contributed by atoms with van der Waals surface area (Å²) >= 11 is 5.88. The third-order valence-electron chi connectivity index (χ3n) is 3.31. The maximum absolute atomic E-state index is 12.2. The number of hydrogen-bond donors (Lipinski definition) is 2. The molecule has 1 amide bonds. The molecule has 0 spiro atoms. The van der Waals surface area contributed by atoms with Crippen molar-refractivity contribution in [1.29, 1.82) is 0 Å². The lowest BCUT2D eigenvalue weighted by atomic mass is 10.1. The quantitative estimate of drug-likeness (QED) is 0.618. The molecule has 0 aromatic heterocycles. The Morgan fingerprint density at radius 2 is 2.14 bits per heavy atom. The third-order valence-corrected chi connectivity index (χ3v) is 3.64. The van der Waals surface area contributed by atoms with E-state index in [1.54, 1.807) is 0 Å². The van der Waals surface area contributed by atoms with E-state index in [-0.39, 0.29) is 28.6 Å². The highest BCUT2D eigenvalue weighted by Crippen LogP contribution is 2.34. The molecule has 1 aliphatic rings. The number of carbonyl (C=O) groups excluding carboxylic acids is 1. The average molecular weight is 313 g/mol. The van der Waals surface area contributed by atoms with Crippen molar-refractivity contribution in [2.45, 2.75) is 25.3 Å². The van der Waals surface area contributed by atoms with Crippen molar-refractivity contribution in [3.63, 3.8) is 0 Å². The van der Waals surface area contributed by atoms with Gasteiger partial charge in [0, 0.05) is 18.2 Å². The minimum Gasteiger partial charge on any atom is -0.481 e. The number of carboxylic acid groups (broad SMARTS) is 1. The van der Waals surface area contributed by atoms with Gasteiger partial charge in [0.1, 0.15) is 0 Å². The van der Waals surface area contributed by atoms with E-state index in [0.29, 0.717) is 0 Å². The van der Waals surface area contributed by atoms with Crippen LogP contribution in [0.15, 0.2) is 18.2 Å². The highest BCUT2D eigenvalue weighted by Gasteiger charge is 2.34. The summed E-state index contributed by atoms with van der Waals surface area (Å²) in [6.45, 7) is 0. The lowest BCUT2D eigenvalue weighted by molar-refractivity contribution is -0.384. The lowest BCUT2D eigenvalue weighted by Crippen LogP contribution is -2.38. The molecule has 8 heteroatoms. The molecule has 7 nitrogen and oxygen atoms in total. The van der Waals surface area contributed by atoms with Crippen molar-refractivity contribution in [3.8, 4) is 0 Å². The SMILES string of the molecule is O=C(O)CC(NC(=O)c1cc([N+](=O)[O-])ccc1Cl)C1CC1. The van der Waals surface area contributed by atoms with Gasteiger partial charge in [0.05, 0.1) is 21.9 Å². The van der Waals surface area contributed by atoms with Crippen LogP contribution in [0.4, 0.5) is 5.69 Å². The molecule has 2 rings (SSSR count). The lowest BCUT2D eigenvalue weighted by Gasteiger charge is -2.16. The first-order chi connectivity index (χ1) is 9.88. The van der Waals surface area contributed by atoms with Gasteiger partial charge in [0.15, 0.2) is 0 Å². The molecule has 1 unspecified atom stereocenters. The second kappa shape index (κ2) is 6.09. The molecule has 0 aliphatic heterocycles. The number of aliphatic carboxylic acids is 1. The summed E-state index contributed by atoms with van der Waals surface area (Å²) in [7, 11) is 0. The van der Waals surface area contributed by atoms with E-state index < -0.39 is 22.8 Å². The molecule has 2 N–H and O–H groups in total. The van der Waals surface area contributed by atoms with E-state index >= 15 is 0 Å². The number of halogens is 1. The number of nitrogens with zero attached hydrogens (tertiary/aromatic N) is 1. The van der Waals surface area contributed by atoms with E-state index in [4.69, 9.17) is 16.7 Å². The van der Waals surface area contributed by atoms with Gasteiger partial charge >= 0.3 is 5.97 Å². The Hall–Kier alpha value is -2.15. The highest BCUT2D eigenvalue weighted by molar-refractivity contribution is 6.34. The van der Waals surface area contributed by atoms with E-state index in [1.807, 2.05) is 0 Å². The number of nitro groups is 1. The van der Waals surface area contributed by atoms with Crippen LogP contribution in [0.2, 0.25) is 5.02 Å². The van der Waals surface area contributed by atoms with Crippen molar-refractivity contribution < 1.29 is 19.6 Å². The van der Waals surface area contributed by atoms with Crippen molar-refractivity contribution >= 4 is 29.2 Å². The number of nitro benzene ring substituents is 1. The molecule has 1 aromatic rings. The number of amides is 1. The third kappa shape index (κ3) is 3.91. The van der Waals surface area contributed by atoms with Crippen LogP contribution in [-0.2, 0) is 4.79 Å². The van der Waals surface area contributed by atoms with Crippen LogP contribution in [-0.4, -0.2) is 27.9 Å². The Morgan fingerprint density at radius 3 is 2.67 bits per heavy atom. The van der Waals surface area contributed by atoms with Crippen LogP contribution in [0.25, 0.3) is 0 Å². The van der Waals surface area contributed by atoms with Crippen molar-refractivity contribution in [1.82, 2.24) is 5.32 Å². The number of carboxylic acids is 1. The normalized spacial score (nSPS) is 15.3. The maximum atomic E-state index is 12.2. The zero-order valence-corrected chi connectivity index (χ0v) is 11.7. The van der Waals surface area contributed by atoms with Gasteiger partial charge in [0.25, 0.3) is 11.6 Å². The Kier molecular flexibility index (Phi) is 4.42. The zero-order chi connectivity index (χ0) is 15.6. The summed E-state index contributed by atoms with van der Waals surface area (Å²) in [4.78, 5) is 33.1. The number of hydrogen-bond acceptors (Lipinski definition) is 4. The summed E-state index contributed by atoms with van der Waals surface area (Å²) in [5.74, 6) is -1.46. The van der Waals surface area contributed by atoms with Gasteiger partial charge in [-0.25, -0.2) is 0 Å². The second-order valence-corrected chi connectivity index (χ2v) is 5.34. The first-order valence-corrected chi connectivity index (χ1v) is 6.73. The Morgan fingerprint density at radius 1 is 1.48 bits per heavy atom. The van der Waals surface area contributed by atoms with Gasteiger partial charge < -0.3 is 10.4 Å². The minimum absolute atomic E-state index is 0.0260. The van der Waals surface area contributed by atoms with Crippen molar-refractivity contribution in [2.24, 2.45) is 5.92 Å². The molecule has 1 atom stereocenters. The van der Waals surface area contributed by atoms with Gasteiger partial charge in [-0.3, -0.25) is 19.7 Å². The maximum Gasteiger partial charge on any atom is 0.305 e. The molecular weight excluding hydrogens is 300 g/mol. The Bertz CT molecular complexity index is 600. The molecule has 1 aromatic carbocycles. The fourth-order valence-corrected chi connectivity index (χ4v) is 2.27. The molecule has 1 fully saturated rings. The molecule has 0 radical (unpaired) electrons. The van der Waals surface area contributed by atoms with Crippen LogP contribution >= 0.6 is 11.6 Å². The number of nitrogens with one attached hydrogen (secondary N) is 1. The standard InChI is InChI=1S/C13H13ClN2O5/c14-10-4-3-8(16(20)21)5-9(10)13(19)15-11(6-12(17)18)7-1-2-7/h3-5,7,11H,1-2,6H2,(H,15,19)(H,17,18). The van der Waals surface area contributed by atoms with E-state index in [9.17, 15) is 19.7 Å². The predicted octanol–water partition coefficient (Wildman–Crippen LogP) is 2.23. The first kappa shape index (κ1) is 15.2. The topological polar surface area (TPSA) is 110 Å². The summed E-state index contributed by atoms with van der Waals surface area (Å²) in [6.07, 6.45) is 1.55. The summed E-state index contributed by atoms with van der Waals surface area (Å²) in [5, 5.41) is 22.3. The summed E-state index contributed by atoms with van der Waals surface area (Å²) in [6, 6.07) is 3.08. The fourth-order valence-electron chi connectivity index (χ4n) is 2.07. The van der Waals surface area contributed by atoms with Gasteiger partial charge in [-0.2, -0.15) is 0 Å². The molecule has 1 aliphatic carbocycles. The average Bonchev–Trinajstić information content (AvgIpc) is 3.21. The van der Waals surface area contributed by atoms with Crippen LogP contribution in [0, 0.1) is 16.0 Å². The van der Waals surface area contributed by atoms with Crippen molar-refractivity contribution in [2.75, 3.05) is 0 Å². The molecule has 0 saturated heterocycles. The molecular formula is C13H13ClN2O5. The number of carbonyl (C=O) groups is 2. The van der Waals surface area contributed by atoms with Gasteiger partial charge in [-0.1, -0.05) is 11.6 Å². The van der Waals surface area contributed by atoms with Crippen LogP contribution < -0.4 is 5.32 Å². The molecule has 0 heterocycles. The minimum atomic E-state index is -1.00. The Balaban J connectivity index is 2.16. The fraction of sp³-hybridized carbons (Fsp3) is 0.385. The van der Waals surface area contributed by atoms with E-state index in [1.165, 1.54) is 12.1 Å². The van der Waals surface area contributed by atoms with Gasteiger partial charge in [-0.15, -0.1) is 0 Å². The highest BCUT2D eigenvalue weighted by atomic mass is 35.5. The number of rotatable bonds is 6. The van der Waals surface area contributed by atoms with Crippen molar-refractivity contribution in [3.05, 3.63) is 38.9 Å². The van der Waals surface area contributed by atoms with Crippen LogP contribution in [0.1, 0.15) is 29.6 Å². The zero-order valence-electron chi connectivity index (χ0n) is 10.9. The van der Waals surface area contributed by atoms with E-state index in [2.05, 4.69) is 5.32 Å². The van der Waals surface area contributed by atoms with Crippen LogP contribution in [0.3, 0.4) is 0 Å². The molecule has 21 heavy (non-hydrogen) atoms. The molecule has 1 saturated carbocycles. The van der Waals surface area contributed by atoms with Gasteiger partial charge in [0.2, 0.25) is 0 Å². The van der Waals surface area contributed by atoms with E-state index in [0.717, 1.165) is 18.9 Å². The number of benzene rings is 1. The van der Waals surface area contributed by atoms with Crippen LogP contribution in [0.5, 0.6) is 0 Å². The summed E-state index contributed by atoms with van der Waals surface area (Å²) in [5.41, 5.74) is -0.271. The first-order valence-electron chi connectivity index (χ1n) is 6.35. The monoisotopic (exact) mass is 312 g/mol. The predicted molar refractivity (Wildman–Crippen MR) is 74.3 cm³/mol. The molecule has 0 bridgehead atoms. The molecule has 112 valence electrons. The second-order valence-electron chi connectivity index (χ2n) is 4.94. The Labute approximate surface area is 125 Å². The number of non-ortho nitro benzene ring substituents is 1. The van der Waals surface area contributed by atoms with Gasteiger partial charge in [-0.05, 0) is 24.8 Å².